The minimum absolute atomic E-state index is 0.174. The number of aliphatic hydroxyl groups is 1. The maximum atomic E-state index is 12.7. The zero-order valence-corrected chi connectivity index (χ0v) is 13.8. The lowest BCUT2D eigenvalue weighted by molar-refractivity contribution is 0.280. The Morgan fingerprint density at radius 2 is 2.05 bits per heavy atom. The fourth-order valence-electron chi connectivity index (χ4n) is 2.04. The van der Waals surface area contributed by atoms with Crippen molar-refractivity contribution in [3.8, 4) is 0 Å². The second-order valence-corrected chi connectivity index (χ2v) is 7.77. The lowest BCUT2D eigenvalue weighted by atomic mass is 10.1. The van der Waals surface area contributed by atoms with Crippen LogP contribution in [0.1, 0.15) is 21.7 Å². The first-order valence-electron chi connectivity index (χ1n) is 6.42. The molecule has 0 aliphatic heterocycles. The molecule has 7 heteroatoms. The quantitative estimate of drug-likeness (QED) is 0.913. The van der Waals surface area contributed by atoms with Crippen molar-refractivity contribution in [2.45, 2.75) is 31.9 Å². The van der Waals surface area contributed by atoms with Gasteiger partial charge < -0.3 is 5.11 Å². The molecule has 1 aromatic heterocycles. The summed E-state index contributed by atoms with van der Waals surface area (Å²) in [7, 11) is -2.04. The Bertz CT molecular complexity index is 738. The lowest BCUT2D eigenvalue weighted by Gasteiger charge is -2.19. The van der Waals surface area contributed by atoms with Gasteiger partial charge in [-0.1, -0.05) is 12.1 Å². The molecule has 1 heterocycles. The molecule has 2 aromatic rings. The van der Waals surface area contributed by atoms with Crippen LogP contribution in [0.4, 0.5) is 0 Å². The van der Waals surface area contributed by atoms with Crippen LogP contribution < -0.4 is 0 Å². The summed E-state index contributed by atoms with van der Waals surface area (Å²) in [6.45, 7) is 3.70. The van der Waals surface area contributed by atoms with E-state index in [1.54, 1.807) is 37.7 Å². The van der Waals surface area contributed by atoms with Crippen LogP contribution in [0.25, 0.3) is 0 Å². The Balaban J connectivity index is 2.36. The van der Waals surface area contributed by atoms with Gasteiger partial charge in [0.1, 0.15) is 0 Å². The normalized spacial score (nSPS) is 12.0. The largest absolute Gasteiger partial charge is 0.392 e. The van der Waals surface area contributed by atoms with Gasteiger partial charge in [-0.3, -0.25) is 0 Å². The maximum Gasteiger partial charge on any atom is 0.243 e. The fraction of sp³-hybridized carbons (Fsp3) is 0.357. The molecule has 1 aromatic carbocycles. The van der Waals surface area contributed by atoms with E-state index in [2.05, 4.69) is 4.98 Å². The average Bonchev–Trinajstić information content (AvgIpc) is 2.84. The van der Waals surface area contributed by atoms with Crippen molar-refractivity contribution in [3.05, 3.63) is 45.4 Å². The van der Waals surface area contributed by atoms with Crippen molar-refractivity contribution in [1.82, 2.24) is 9.29 Å². The van der Waals surface area contributed by atoms with Gasteiger partial charge in [-0.05, 0) is 31.0 Å². The summed E-state index contributed by atoms with van der Waals surface area (Å²) in [5.74, 6) is 0. The smallest absolute Gasteiger partial charge is 0.243 e. The standard InChI is InChI=1S/C14H18N2O3S2/c1-10-12(8-17)5-4-6-14(10)21(18,19)16(3)7-13-11(2)15-9-20-13/h4-6,9,17H,7-8H2,1-3H3. The topological polar surface area (TPSA) is 70.5 Å². The number of rotatable bonds is 5. The van der Waals surface area contributed by atoms with E-state index < -0.39 is 10.0 Å². The Morgan fingerprint density at radius 1 is 1.33 bits per heavy atom. The van der Waals surface area contributed by atoms with Crippen LogP contribution in [-0.2, 0) is 23.2 Å². The van der Waals surface area contributed by atoms with Gasteiger partial charge in [0.25, 0.3) is 0 Å². The van der Waals surface area contributed by atoms with Crippen molar-refractivity contribution in [3.63, 3.8) is 0 Å². The fourth-order valence-corrected chi connectivity index (χ4v) is 4.36. The van der Waals surface area contributed by atoms with Crippen molar-refractivity contribution in [1.29, 1.82) is 0 Å². The zero-order chi connectivity index (χ0) is 15.6. The molecule has 0 amide bonds. The van der Waals surface area contributed by atoms with Crippen LogP contribution in [0.5, 0.6) is 0 Å². The van der Waals surface area contributed by atoms with Gasteiger partial charge in [-0.15, -0.1) is 11.3 Å². The highest BCUT2D eigenvalue weighted by Gasteiger charge is 2.24. The zero-order valence-electron chi connectivity index (χ0n) is 12.2. The summed E-state index contributed by atoms with van der Waals surface area (Å²) in [6.07, 6.45) is 0. The molecule has 0 fully saturated rings. The second-order valence-electron chi connectivity index (χ2n) is 4.82. The number of hydrogen-bond donors (Lipinski definition) is 1. The van der Waals surface area contributed by atoms with Crippen molar-refractivity contribution in [2.75, 3.05) is 7.05 Å². The molecule has 21 heavy (non-hydrogen) atoms. The van der Waals surface area contributed by atoms with E-state index in [4.69, 9.17) is 0 Å². The Hall–Kier alpha value is -1.28. The third-order valence-electron chi connectivity index (χ3n) is 3.47. The predicted molar refractivity (Wildman–Crippen MR) is 82.6 cm³/mol. The molecule has 5 nitrogen and oxygen atoms in total. The monoisotopic (exact) mass is 326 g/mol. The first-order chi connectivity index (χ1) is 9.87. The molecular formula is C14H18N2O3S2. The molecule has 0 radical (unpaired) electrons. The number of aliphatic hydroxyl groups excluding tert-OH is 1. The molecule has 0 aliphatic rings. The Labute approximate surface area is 128 Å². The van der Waals surface area contributed by atoms with Gasteiger partial charge >= 0.3 is 0 Å². The predicted octanol–water partition coefficient (Wildman–Crippen LogP) is 2.07. The molecule has 114 valence electrons. The van der Waals surface area contributed by atoms with Crippen molar-refractivity contribution in [2.24, 2.45) is 0 Å². The third-order valence-corrected chi connectivity index (χ3v) is 6.33. The maximum absolute atomic E-state index is 12.7. The summed E-state index contributed by atoms with van der Waals surface area (Å²) < 4.78 is 26.7. The van der Waals surface area contributed by atoms with E-state index in [0.717, 1.165) is 10.6 Å². The lowest BCUT2D eigenvalue weighted by Crippen LogP contribution is -2.27. The molecule has 1 N–H and O–H groups in total. The minimum Gasteiger partial charge on any atom is -0.392 e. The number of aryl methyl sites for hydroxylation is 1. The van der Waals surface area contributed by atoms with Gasteiger partial charge in [0.05, 0.1) is 22.7 Å². The highest BCUT2D eigenvalue weighted by atomic mass is 32.2. The number of hydrogen-bond acceptors (Lipinski definition) is 5. The van der Waals surface area contributed by atoms with Gasteiger partial charge in [-0.2, -0.15) is 4.31 Å². The van der Waals surface area contributed by atoms with Gasteiger partial charge in [0.2, 0.25) is 10.0 Å². The summed E-state index contributed by atoms with van der Waals surface area (Å²) >= 11 is 1.44. The second kappa shape index (κ2) is 6.23. The van der Waals surface area contributed by atoms with Gasteiger partial charge in [0.15, 0.2) is 0 Å². The third kappa shape index (κ3) is 3.16. The first-order valence-corrected chi connectivity index (χ1v) is 8.74. The number of benzene rings is 1. The number of nitrogens with zero attached hydrogens (tertiary/aromatic N) is 2. The van der Waals surface area contributed by atoms with E-state index in [-0.39, 0.29) is 11.5 Å². The molecule has 0 bridgehead atoms. The van der Waals surface area contributed by atoms with E-state index in [0.29, 0.717) is 17.7 Å². The van der Waals surface area contributed by atoms with Crippen molar-refractivity contribution < 1.29 is 13.5 Å². The Morgan fingerprint density at radius 3 is 2.62 bits per heavy atom. The summed E-state index contributed by atoms with van der Waals surface area (Å²) in [5, 5.41) is 9.28. The highest BCUT2D eigenvalue weighted by molar-refractivity contribution is 7.89. The van der Waals surface area contributed by atoms with Crippen LogP contribution in [0, 0.1) is 13.8 Å². The van der Waals surface area contributed by atoms with Crippen LogP contribution in [0.3, 0.4) is 0 Å². The van der Waals surface area contributed by atoms with Crippen LogP contribution in [0.2, 0.25) is 0 Å². The molecule has 0 aliphatic carbocycles. The molecule has 0 spiro atoms. The van der Waals surface area contributed by atoms with E-state index >= 15 is 0 Å². The van der Waals surface area contributed by atoms with Crippen LogP contribution in [0.15, 0.2) is 28.6 Å². The van der Waals surface area contributed by atoms with Crippen LogP contribution in [-0.4, -0.2) is 29.9 Å². The molecule has 0 atom stereocenters. The van der Waals surface area contributed by atoms with E-state index in [9.17, 15) is 13.5 Å². The molecule has 0 saturated heterocycles. The Kier molecular flexibility index (Phi) is 4.77. The summed E-state index contributed by atoms with van der Waals surface area (Å²) in [6, 6.07) is 4.94. The van der Waals surface area contributed by atoms with Crippen molar-refractivity contribution >= 4 is 21.4 Å². The number of thiazole rings is 1. The van der Waals surface area contributed by atoms with Crippen LogP contribution >= 0.6 is 11.3 Å². The molecule has 2 rings (SSSR count). The summed E-state index contributed by atoms with van der Waals surface area (Å²) in [5.41, 5.74) is 3.78. The highest BCUT2D eigenvalue weighted by Crippen LogP contribution is 2.24. The number of aromatic nitrogens is 1. The molecular weight excluding hydrogens is 308 g/mol. The van der Waals surface area contributed by atoms with E-state index in [1.165, 1.54) is 15.6 Å². The summed E-state index contributed by atoms with van der Waals surface area (Å²) in [4.78, 5) is 5.30. The SMILES string of the molecule is Cc1ncsc1CN(C)S(=O)(=O)c1cccc(CO)c1C. The first kappa shape index (κ1) is 16.1. The van der Waals surface area contributed by atoms with Gasteiger partial charge in [0, 0.05) is 18.5 Å². The minimum atomic E-state index is -3.59. The van der Waals surface area contributed by atoms with E-state index in [1.807, 2.05) is 6.92 Å². The number of sulfonamides is 1. The van der Waals surface area contributed by atoms with Gasteiger partial charge in [-0.25, -0.2) is 13.4 Å². The molecule has 0 saturated carbocycles. The molecule has 0 unspecified atom stereocenters. The average molecular weight is 326 g/mol.